The molecule has 0 atom stereocenters. The first kappa shape index (κ1) is 19.3. The first-order valence-corrected chi connectivity index (χ1v) is 7.90. The van der Waals surface area contributed by atoms with Gasteiger partial charge in [0.1, 0.15) is 23.1 Å². The van der Waals surface area contributed by atoms with Crippen LogP contribution in [-0.4, -0.2) is 10.9 Å². The van der Waals surface area contributed by atoms with Crippen LogP contribution in [0.3, 0.4) is 0 Å². The predicted octanol–water partition coefficient (Wildman–Crippen LogP) is 5.37. The van der Waals surface area contributed by atoms with Gasteiger partial charge in [0.25, 0.3) is 5.91 Å². The Balaban J connectivity index is 1.75. The predicted molar refractivity (Wildman–Crippen MR) is 93.3 cm³/mol. The third-order valence-corrected chi connectivity index (χ3v) is 3.71. The number of pyridine rings is 1. The molecule has 0 aliphatic carbocycles. The average Bonchev–Trinajstić information content (AvgIpc) is 2.65. The minimum absolute atomic E-state index is 0.0177. The molecule has 1 aromatic heterocycles. The lowest BCUT2D eigenvalue weighted by atomic mass is 10.2. The highest BCUT2D eigenvalue weighted by atomic mass is 19.4. The highest BCUT2D eigenvalue weighted by Gasteiger charge is 2.30. The molecule has 0 aliphatic rings. The molecule has 0 fully saturated rings. The molecule has 28 heavy (non-hydrogen) atoms. The Kier molecular flexibility index (Phi) is 5.25. The topological polar surface area (TPSA) is 54.0 Å². The molecule has 0 bridgehead atoms. The Morgan fingerprint density at radius 1 is 0.929 bits per heavy atom. The molecule has 144 valence electrons. The van der Waals surface area contributed by atoms with Crippen molar-refractivity contribution in [2.75, 3.05) is 10.6 Å². The lowest BCUT2D eigenvalue weighted by Gasteiger charge is -2.10. The monoisotopic (exact) mass is 393 g/mol. The molecule has 0 radical (unpaired) electrons. The van der Waals surface area contributed by atoms with Crippen LogP contribution in [-0.2, 0) is 6.18 Å². The van der Waals surface area contributed by atoms with E-state index in [1.807, 2.05) is 0 Å². The van der Waals surface area contributed by atoms with Gasteiger partial charge in [-0.2, -0.15) is 13.2 Å². The van der Waals surface area contributed by atoms with Gasteiger partial charge < -0.3 is 10.6 Å². The Bertz CT molecular complexity index is 983. The van der Waals surface area contributed by atoms with Crippen molar-refractivity contribution in [1.29, 1.82) is 0 Å². The molecule has 0 spiro atoms. The molecule has 0 saturated heterocycles. The number of halogens is 5. The normalized spacial score (nSPS) is 11.2. The first-order chi connectivity index (χ1) is 13.2. The van der Waals surface area contributed by atoms with Crippen LogP contribution in [0, 0.1) is 11.6 Å². The van der Waals surface area contributed by atoms with Gasteiger partial charge in [0.05, 0.1) is 5.56 Å². The summed E-state index contributed by atoms with van der Waals surface area (Å²) in [7, 11) is 0. The van der Waals surface area contributed by atoms with E-state index < -0.39 is 35.0 Å². The molecule has 0 unspecified atom stereocenters. The van der Waals surface area contributed by atoms with Crippen LogP contribution >= 0.6 is 0 Å². The number of nitrogens with zero attached hydrogens (tertiary/aromatic N) is 1. The summed E-state index contributed by atoms with van der Waals surface area (Å²) in [6.45, 7) is 0. The number of hydrogen-bond acceptors (Lipinski definition) is 3. The standard InChI is InChI=1S/C19H12F5N3O/c20-14-2-1-3-15(21)17(14)27-16-10-11(8-9-25-16)18(28)26-13-6-4-12(5-7-13)19(22,23)24/h1-10H,(H,25,27)(H,26,28). The number of benzene rings is 2. The maximum atomic E-state index is 13.7. The van der Waals surface area contributed by atoms with Crippen LogP contribution < -0.4 is 10.6 Å². The Morgan fingerprint density at radius 3 is 2.18 bits per heavy atom. The summed E-state index contributed by atoms with van der Waals surface area (Å²) >= 11 is 0. The average molecular weight is 393 g/mol. The van der Waals surface area contributed by atoms with Crippen molar-refractivity contribution in [2.24, 2.45) is 0 Å². The van der Waals surface area contributed by atoms with E-state index in [0.717, 1.165) is 36.4 Å². The van der Waals surface area contributed by atoms with Gasteiger partial charge in [0.15, 0.2) is 0 Å². The van der Waals surface area contributed by atoms with Crippen LogP contribution in [0.15, 0.2) is 60.8 Å². The Labute approximate surface area is 156 Å². The fourth-order valence-electron chi connectivity index (χ4n) is 2.33. The van der Waals surface area contributed by atoms with E-state index >= 15 is 0 Å². The zero-order valence-corrected chi connectivity index (χ0v) is 14.0. The van der Waals surface area contributed by atoms with E-state index in [2.05, 4.69) is 15.6 Å². The molecular formula is C19H12F5N3O. The van der Waals surface area contributed by atoms with Crippen LogP contribution in [0.4, 0.5) is 39.1 Å². The molecule has 3 rings (SSSR count). The second kappa shape index (κ2) is 7.63. The second-order valence-electron chi connectivity index (χ2n) is 5.68. The highest BCUT2D eigenvalue weighted by molar-refractivity contribution is 6.04. The molecule has 3 aromatic rings. The lowest BCUT2D eigenvalue weighted by molar-refractivity contribution is -0.137. The number of anilines is 3. The van der Waals surface area contributed by atoms with E-state index in [1.165, 1.54) is 24.4 Å². The van der Waals surface area contributed by atoms with Gasteiger partial charge in [-0.05, 0) is 48.5 Å². The van der Waals surface area contributed by atoms with Gasteiger partial charge in [-0.25, -0.2) is 13.8 Å². The van der Waals surface area contributed by atoms with Gasteiger partial charge in [0, 0.05) is 17.4 Å². The molecule has 2 N–H and O–H groups in total. The minimum Gasteiger partial charge on any atom is -0.335 e. The number of para-hydroxylation sites is 1. The zero-order valence-electron chi connectivity index (χ0n) is 14.0. The van der Waals surface area contributed by atoms with Crippen molar-refractivity contribution in [1.82, 2.24) is 4.98 Å². The van der Waals surface area contributed by atoms with Crippen LogP contribution in [0.1, 0.15) is 15.9 Å². The molecule has 2 aromatic carbocycles. The summed E-state index contributed by atoms with van der Waals surface area (Å²) in [5.41, 5.74) is -1.01. The number of nitrogens with one attached hydrogen (secondary N) is 2. The first-order valence-electron chi connectivity index (χ1n) is 7.90. The molecule has 0 aliphatic heterocycles. The van der Waals surface area contributed by atoms with Crippen molar-refractivity contribution >= 4 is 23.1 Å². The number of carbonyl (C=O) groups excluding carboxylic acids is 1. The third-order valence-electron chi connectivity index (χ3n) is 3.71. The third kappa shape index (κ3) is 4.43. The van der Waals surface area contributed by atoms with E-state index in [1.54, 1.807) is 0 Å². The van der Waals surface area contributed by atoms with Crippen molar-refractivity contribution in [2.45, 2.75) is 6.18 Å². The van der Waals surface area contributed by atoms with Gasteiger partial charge >= 0.3 is 6.18 Å². The Hall–Kier alpha value is -3.49. The summed E-state index contributed by atoms with van der Waals surface area (Å²) < 4.78 is 65.1. The van der Waals surface area contributed by atoms with Crippen molar-refractivity contribution in [3.05, 3.63) is 83.6 Å². The Morgan fingerprint density at radius 2 is 1.57 bits per heavy atom. The molecule has 4 nitrogen and oxygen atoms in total. The molecule has 1 amide bonds. The molecular weight excluding hydrogens is 381 g/mol. The van der Waals surface area contributed by atoms with Gasteiger partial charge in [-0.3, -0.25) is 4.79 Å². The fourth-order valence-corrected chi connectivity index (χ4v) is 2.33. The van der Waals surface area contributed by atoms with Gasteiger partial charge in [-0.1, -0.05) is 6.07 Å². The summed E-state index contributed by atoms with van der Waals surface area (Å²) in [6.07, 6.45) is -3.22. The fraction of sp³-hybridized carbons (Fsp3) is 0.0526. The van der Waals surface area contributed by atoms with Crippen LogP contribution in [0.2, 0.25) is 0 Å². The quantitative estimate of drug-likeness (QED) is 0.586. The van der Waals surface area contributed by atoms with Gasteiger partial charge in [-0.15, -0.1) is 0 Å². The zero-order chi connectivity index (χ0) is 20.3. The number of hydrogen-bond donors (Lipinski definition) is 2. The summed E-state index contributed by atoms with van der Waals surface area (Å²) in [6, 6.07) is 9.86. The summed E-state index contributed by atoms with van der Waals surface area (Å²) in [5.74, 6) is -2.27. The largest absolute Gasteiger partial charge is 0.416 e. The second-order valence-corrected chi connectivity index (χ2v) is 5.68. The van der Waals surface area contributed by atoms with E-state index in [0.29, 0.717) is 0 Å². The molecule has 9 heteroatoms. The van der Waals surface area contributed by atoms with Crippen LogP contribution in [0.25, 0.3) is 0 Å². The number of amides is 1. The number of aromatic nitrogens is 1. The maximum Gasteiger partial charge on any atom is 0.416 e. The minimum atomic E-state index is -4.48. The summed E-state index contributed by atoms with van der Waals surface area (Å²) in [5, 5.41) is 4.90. The highest BCUT2D eigenvalue weighted by Crippen LogP contribution is 2.30. The van der Waals surface area contributed by atoms with Crippen molar-refractivity contribution in [3.8, 4) is 0 Å². The molecule has 0 saturated carbocycles. The maximum absolute atomic E-state index is 13.7. The van der Waals surface area contributed by atoms with Crippen molar-refractivity contribution < 1.29 is 26.7 Å². The van der Waals surface area contributed by atoms with E-state index in [9.17, 15) is 26.7 Å². The molecule has 1 heterocycles. The van der Waals surface area contributed by atoms with E-state index in [-0.39, 0.29) is 17.1 Å². The lowest BCUT2D eigenvalue weighted by Crippen LogP contribution is -2.13. The number of carbonyl (C=O) groups is 1. The summed E-state index contributed by atoms with van der Waals surface area (Å²) in [4.78, 5) is 16.2. The number of rotatable bonds is 4. The SMILES string of the molecule is O=C(Nc1ccc(C(F)(F)F)cc1)c1ccnc(Nc2c(F)cccc2F)c1. The smallest absolute Gasteiger partial charge is 0.335 e. The van der Waals surface area contributed by atoms with Gasteiger partial charge in [0.2, 0.25) is 0 Å². The van der Waals surface area contributed by atoms with Crippen LogP contribution in [0.5, 0.6) is 0 Å². The van der Waals surface area contributed by atoms with Crippen molar-refractivity contribution in [3.63, 3.8) is 0 Å². The number of alkyl halides is 3. The van der Waals surface area contributed by atoms with E-state index in [4.69, 9.17) is 0 Å².